The van der Waals surface area contributed by atoms with Gasteiger partial charge in [-0.25, -0.2) is 4.39 Å². The third kappa shape index (κ3) is 6.13. The van der Waals surface area contributed by atoms with E-state index in [1.807, 2.05) is 43.0 Å². The number of nitrogens with zero attached hydrogens (tertiary/aromatic N) is 4. The zero-order chi connectivity index (χ0) is 29.8. The van der Waals surface area contributed by atoms with Crippen LogP contribution in [0.25, 0.3) is 22.2 Å². The third-order valence-corrected chi connectivity index (χ3v) is 7.89. The van der Waals surface area contributed by atoms with E-state index in [0.29, 0.717) is 42.8 Å². The lowest BCUT2D eigenvalue weighted by Crippen LogP contribution is -2.56. The number of methoxy groups -OCH3 is 1. The van der Waals surface area contributed by atoms with Crippen LogP contribution in [0.5, 0.6) is 5.75 Å². The Kier molecular flexibility index (Phi) is 8.82. The second-order valence-electron chi connectivity index (χ2n) is 10.9. The number of amides is 2. The molecule has 4 aromatic rings. The summed E-state index contributed by atoms with van der Waals surface area (Å²) in [5.41, 5.74) is 4.29. The number of carbonyl (C=O) groups excluding carboxylic acids is 2. The standard InChI is InChI=1S/C32H37FN6O3/c1-5-15-38(3)32(41)28-12-10-23(18-39(28)19-25-26(33)7-6-8-29(25)42-4)35-31(40)22-9-11-27-24(17-22)30(37-36-27)21-13-14-34-20(2)16-21/h6-9,11,13-14,16-17,23,28H,5,10,12,15,18-19H2,1-4H3,(H,35,40)(H,36,37)/t23-,28?/m1/s1. The molecule has 0 bridgehead atoms. The van der Waals surface area contributed by atoms with Gasteiger partial charge in [-0.3, -0.25) is 24.6 Å². The molecule has 2 amide bonds. The average Bonchev–Trinajstić information content (AvgIpc) is 3.41. The average molecular weight is 573 g/mol. The van der Waals surface area contributed by atoms with Crippen LogP contribution in [0.4, 0.5) is 4.39 Å². The molecule has 5 rings (SSSR count). The van der Waals surface area contributed by atoms with E-state index in [2.05, 4.69) is 20.5 Å². The van der Waals surface area contributed by atoms with Gasteiger partial charge < -0.3 is 15.0 Å². The molecule has 0 saturated carbocycles. The van der Waals surface area contributed by atoms with E-state index in [1.54, 1.807) is 36.3 Å². The number of halogens is 1. The van der Waals surface area contributed by atoms with Gasteiger partial charge in [-0.15, -0.1) is 0 Å². The van der Waals surface area contributed by atoms with E-state index in [1.165, 1.54) is 13.2 Å². The maximum Gasteiger partial charge on any atom is 0.251 e. The molecular weight excluding hydrogens is 535 g/mol. The summed E-state index contributed by atoms with van der Waals surface area (Å²) in [6, 6.07) is 13.4. The van der Waals surface area contributed by atoms with Crippen molar-refractivity contribution in [3.63, 3.8) is 0 Å². The van der Waals surface area contributed by atoms with Gasteiger partial charge in [0.1, 0.15) is 17.3 Å². The van der Waals surface area contributed by atoms with Crippen LogP contribution in [-0.2, 0) is 11.3 Å². The summed E-state index contributed by atoms with van der Waals surface area (Å²) in [6.07, 6.45) is 3.76. The summed E-state index contributed by atoms with van der Waals surface area (Å²) in [6.45, 7) is 5.18. The van der Waals surface area contributed by atoms with Crippen LogP contribution in [0.1, 0.15) is 47.8 Å². The SMILES string of the molecule is CCCN(C)C(=O)C1CC[C@@H](NC(=O)c2ccc3[nH]nc(-c4ccnc(C)c4)c3c2)CN1Cc1c(F)cccc1OC. The Bertz CT molecular complexity index is 1590. The van der Waals surface area contributed by atoms with Crippen molar-refractivity contribution >= 4 is 22.7 Å². The van der Waals surface area contributed by atoms with E-state index < -0.39 is 6.04 Å². The highest BCUT2D eigenvalue weighted by Crippen LogP contribution is 2.29. The van der Waals surface area contributed by atoms with Crippen LogP contribution in [0.15, 0.2) is 54.7 Å². The number of piperidine rings is 1. The van der Waals surface area contributed by atoms with Gasteiger partial charge >= 0.3 is 0 Å². The van der Waals surface area contributed by atoms with Crippen molar-refractivity contribution in [3.8, 4) is 17.0 Å². The quantitative estimate of drug-likeness (QED) is 0.301. The minimum Gasteiger partial charge on any atom is -0.496 e. The first kappa shape index (κ1) is 29.2. The topological polar surface area (TPSA) is 103 Å². The molecule has 1 unspecified atom stereocenters. The van der Waals surface area contributed by atoms with Gasteiger partial charge in [-0.05, 0) is 68.7 Å². The number of aromatic amines is 1. The summed E-state index contributed by atoms with van der Waals surface area (Å²) < 4.78 is 20.4. The number of hydrogen-bond acceptors (Lipinski definition) is 6. The lowest BCUT2D eigenvalue weighted by molar-refractivity contribution is -0.137. The van der Waals surface area contributed by atoms with Crippen LogP contribution in [-0.4, -0.2) is 76.1 Å². The number of nitrogens with one attached hydrogen (secondary N) is 2. The first-order valence-corrected chi connectivity index (χ1v) is 14.3. The fraction of sp³-hybridized carbons (Fsp3) is 0.375. The molecule has 220 valence electrons. The molecule has 0 radical (unpaired) electrons. The molecular formula is C32H37FN6O3. The maximum absolute atomic E-state index is 14.9. The number of aryl methyl sites for hydroxylation is 1. The van der Waals surface area contributed by atoms with Gasteiger partial charge in [0, 0.05) is 66.7 Å². The lowest BCUT2D eigenvalue weighted by Gasteiger charge is -2.40. The van der Waals surface area contributed by atoms with Gasteiger partial charge in [0.15, 0.2) is 0 Å². The van der Waals surface area contributed by atoms with Gasteiger partial charge in [-0.1, -0.05) is 13.0 Å². The summed E-state index contributed by atoms with van der Waals surface area (Å²) >= 11 is 0. The van der Waals surface area contributed by atoms with Crippen LogP contribution < -0.4 is 10.1 Å². The van der Waals surface area contributed by atoms with E-state index in [0.717, 1.165) is 34.3 Å². The molecule has 10 heteroatoms. The minimum absolute atomic E-state index is 0.00113. The molecule has 42 heavy (non-hydrogen) atoms. The molecule has 1 fully saturated rings. The number of likely N-dealkylation sites (tertiary alicyclic amines) is 1. The second kappa shape index (κ2) is 12.7. The predicted molar refractivity (Wildman–Crippen MR) is 160 cm³/mol. The van der Waals surface area contributed by atoms with Gasteiger partial charge in [0.25, 0.3) is 5.91 Å². The monoisotopic (exact) mass is 572 g/mol. The molecule has 2 N–H and O–H groups in total. The Morgan fingerprint density at radius 1 is 1.19 bits per heavy atom. The number of pyridine rings is 1. The Labute approximate surface area is 245 Å². The first-order valence-electron chi connectivity index (χ1n) is 14.3. The summed E-state index contributed by atoms with van der Waals surface area (Å²) in [5, 5.41) is 11.5. The third-order valence-electron chi connectivity index (χ3n) is 7.89. The Hall–Kier alpha value is -4.31. The van der Waals surface area contributed by atoms with Crippen molar-refractivity contribution in [3.05, 3.63) is 77.4 Å². The van der Waals surface area contributed by atoms with Crippen molar-refractivity contribution in [1.29, 1.82) is 0 Å². The molecule has 0 spiro atoms. The highest BCUT2D eigenvalue weighted by Gasteiger charge is 2.36. The maximum atomic E-state index is 14.9. The number of likely N-dealkylation sites (N-methyl/N-ethyl adjacent to an activating group) is 1. The number of carbonyl (C=O) groups is 2. The highest BCUT2D eigenvalue weighted by atomic mass is 19.1. The Morgan fingerprint density at radius 3 is 2.79 bits per heavy atom. The van der Waals surface area contributed by atoms with Crippen molar-refractivity contribution in [1.82, 2.24) is 30.3 Å². The molecule has 2 aromatic carbocycles. The van der Waals surface area contributed by atoms with Gasteiger partial charge in [-0.2, -0.15) is 5.10 Å². The van der Waals surface area contributed by atoms with Crippen LogP contribution in [0.3, 0.4) is 0 Å². The van der Waals surface area contributed by atoms with Crippen LogP contribution in [0.2, 0.25) is 0 Å². The Morgan fingerprint density at radius 2 is 2.02 bits per heavy atom. The molecule has 1 saturated heterocycles. The van der Waals surface area contributed by atoms with E-state index >= 15 is 0 Å². The van der Waals surface area contributed by atoms with Gasteiger partial charge in [0.05, 0.1) is 18.7 Å². The van der Waals surface area contributed by atoms with Crippen molar-refractivity contribution in [2.45, 2.75) is 51.7 Å². The number of rotatable bonds is 9. The number of aromatic nitrogens is 3. The zero-order valence-electron chi connectivity index (χ0n) is 24.5. The fourth-order valence-corrected chi connectivity index (χ4v) is 5.74. The molecule has 9 nitrogen and oxygen atoms in total. The fourth-order valence-electron chi connectivity index (χ4n) is 5.74. The van der Waals surface area contributed by atoms with E-state index in [9.17, 15) is 14.0 Å². The molecule has 2 atom stereocenters. The smallest absolute Gasteiger partial charge is 0.251 e. The van der Waals surface area contributed by atoms with E-state index in [4.69, 9.17) is 4.74 Å². The molecule has 1 aliphatic rings. The second-order valence-corrected chi connectivity index (χ2v) is 10.9. The zero-order valence-corrected chi connectivity index (χ0v) is 24.5. The molecule has 3 heterocycles. The highest BCUT2D eigenvalue weighted by molar-refractivity contribution is 6.01. The van der Waals surface area contributed by atoms with E-state index in [-0.39, 0.29) is 30.2 Å². The number of fused-ring (bicyclic) bond motifs is 1. The normalized spacial score (nSPS) is 17.3. The summed E-state index contributed by atoms with van der Waals surface area (Å²) in [7, 11) is 3.31. The predicted octanol–water partition coefficient (Wildman–Crippen LogP) is 4.71. The molecule has 1 aliphatic heterocycles. The molecule has 2 aromatic heterocycles. The number of ether oxygens (including phenoxy) is 1. The Balaban J connectivity index is 1.37. The number of hydrogen-bond donors (Lipinski definition) is 2. The lowest BCUT2D eigenvalue weighted by atomic mass is 9.95. The minimum atomic E-state index is -0.423. The summed E-state index contributed by atoms with van der Waals surface area (Å²) in [4.78, 5) is 34.9. The largest absolute Gasteiger partial charge is 0.496 e. The first-order chi connectivity index (χ1) is 20.3. The van der Waals surface area contributed by atoms with Crippen molar-refractivity contribution in [2.75, 3.05) is 27.2 Å². The van der Waals surface area contributed by atoms with Crippen LogP contribution in [0, 0.1) is 12.7 Å². The number of benzene rings is 2. The van der Waals surface area contributed by atoms with Crippen LogP contribution >= 0.6 is 0 Å². The van der Waals surface area contributed by atoms with Crippen molar-refractivity contribution < 1.29 is 18.7 Å². The molecule has 0 aliphatic carbocycles. The number of H-pyrrole nitrogens is 1. The van der Waals surface area contributed by atoms with Gasteiger partial charge in [0.2, 0.25) is 5.91 Å². The van der Waals surface area contributed by atoms with Crippen molar-refractivity contribution in [2.24, 2.45) is 0 Å². The summed E-state index contributed by atoms with van der Waals surface area (Å²) in [5.74, 6) is -0.164.